The molecule has 31 heavy (non-hydrogen) atoms. The lowest BCUT2D eigenvalue weighted by Gasteiger charge is -2.39. The summed E-state index contributed by atoms with van der Waals surface area (Å²) in [4.78, 5) is 43.4. The summed E-state index contributed by atoms with van der Waals surface area (Å²) in [5.41, 5.74) is 0.677. The predicted octanol–water partition coefficient (Wildman–Crippen LogP) is 1.27. The van der Waals surface area contributed by atoms with E-state index in [0.29, 0.717) is 37.3 Å². The molecule has 2 aromatic rings. The van der Waals surface area contributed by atoms with E-state index < -0.39 is 5.66 Å². The minimum Gasteiger partial charge on any atom is -0.497 e. The monoisotopic (exact) mass is 423 g/mol. The third-order valence-corrected chi connectivity index (χ3v) is 5.67. The third-order valence-electron chi connectivity index (χ3n) is 5.67. The van der Waals surface area contributed by atoms with Crippen molar-refractivity contribution < 1.29 is 19.1 Å². The Kier molecular flexibility index (Phi) is 5.75. The number of aromatic nitrogens is 1. The number of hydrogen-bond donors (Lipinski definition) is 3. The van der Waals surface area contributed by atoms with Crippen LogP contribution in [0.25, 0.3) is 0 Å². The van der Waals surface area contributed by atoms with E-state index in [1.165, 1.54) is 0 Å². The highest BCUT2D eigenvalue weighted by molar-refractivity contribution is 6.01. The van der Waals surface area contributed by atoms with Crippen LogP contribution < -0.4 is 20.7 Å². The second-order valence-electron chi connectivity index (χ2n) is 7.75. The van der Waals surface area contributed by atoms with E-state index in [1.54, 1.807) is 30.3 Å². The first-order valence-electron chi connectivity index (χ1n) is 10.2. The Labute approximate surface area is 180 Å². The molecule has 2 aliphatic rings. The topological polar surface area (TPSA) is 113 Å². The van der Waals surface area contributed by atoms with Gasteiger partial charge >= 0.3 is 0 Å². The van der Waals surface area contributed by atoms with E-state index in [4.69, 9.17) is 4.74 Å². The lowest BCUT2D eigenvalue weighted by molar-refractivity contribution is -0.135. The van der Waals surface area contributed by atoms with Crippen molar-refractivity contribution in [2.24, 2.45) is 0 Å². The number of pyridine rings is 1. The van der Waals surface area contributed by atoms with Gasteiger partial charge in [-0.25, -0.2) is 4.98 Å². The molecule has 1 spiro atoms. The van der Waals surface area contributed by atoms with Gasteiger partial charge in [0, 0.05) is 32.1 Å². The summed E-state index contributed by atoms with van der Waals surface area (Å²) >= 11 is 0. The number of carbonyl (C=O) groups excluding carboxylic acids is 3. The second-order valence-corrected chi connectivity index (χ2v) is 7.75. The lowest BCUT2D eigenvalue weighted by Crippen LogP contribution is -2.58. The first-order chi connectivity index (χ1) is 15.0. The minimum atomic E-state index is -0.748. The Morgan fingerprint density at radius 2 is 2.00 bits per heavy atom. The molecule has 1 aromatic heterocycles. The molecule has 0 bridgehead atoms. The maximum atomic E-state index is 12.6. The molecule has 9 nitrogen and oxygen atoms in total. The van der Waals surface area contributed by atoms with Crippen molar-refractivity contribution >= 4 is 23.5 Å². The molecule has 9 heteroatoms. The molecule has 1 fully saturated rings. The van der Waals surface area contributed by atoms with Gasteiger partial charge in [-0.2, -0.15) is 0 Å². The summed E-state index contributed by atoms with van der Waals surface area (Å²) in [6.07, 6.45) is 2.75. The van der Waals surface area contributed by atoms with Crippen LogP contribution in [0.1, 0.15) is 35.2 Å². The average molecular weight is 423 g/mol. The van der Waals surface area contributed by atoms with Gasteiger partial charge in [0.05, 0.1) is 19.2 Å². The fourth-order valence-electron chi connectivity index (χ4n) is 3.88. The maximum Gasteiger partial charge on any atom is 0.256 e. The molecule has 1 atom stereocenters. The van der Waals surface area contributed by atoms with Crippen LogP contribution in [-0.2, 0) is 16.1 Å². The number of likely N-dealkylation sites (tertiary alicyclic amines) is 1. The van der Waals surface area contributed by atoms with Crippen LogP contribution in [0.15, 0.2) is 42.6 Å². The van der Waals surface area contributed by atoms with E-state index in [0.717, 1.165) is 11.3 Å². The molecule has 3 heterocycles. The van der Waals surface area contributed by atoms with Crippen molar-refractivity contribution in [1.29, 1.82) is 0 Å². The van der Waals surface area contributed by atoms with Crippen LogP contribution in [0.4, 0.5) is 5.82 Å². The molecule has 1 aromatic carbocycles. The number of amides is 3. The Hall–Kier alpha value is -3.62. The van der Waals surface area contributed by atoms with E-state index in [-0.39, 0.29) is 30.7 Å². The van der Waals surface area contributed by atoms with Crippen molar-refractivity contribution in [3.8, 4) is 5.75 Å². The van der Waals surface area contributed by atoms with Gasteiger partial charge in [0.15, 0.2) is 0 Å². The predicted molar refractivity (Wildman–Crippen MR) is 113 cm³/mol. The highest BCUT2D eigenvalue weighted by atomic mass is 16.5. The summed E-state index contributed by atoms with van der Waals surface area (Å²) < 4.78 is 5.13. The van der Waals surface area contributed by atoms with Gasteiger partial charge in [0.25, 0.3) is 5.91 Å². The molecule has 162 valence electrons. The van der Waals surface area contributed by atoms with Gasteiger partial charge in [-0.15, -0.1) is 0 Å². The van der Waals surface area contributed by atoms with E-state index in [2.05, 4.69) is 20.9 Å². The number of nitrogens with zero attached hydrogens (tertiary/aromatic N) is 2. The summed E-state index contributed by atoms with van der Waals surface area (Å²) in [7, 11) is 1.60. The molecule has 0 saturated carbocycles. The molecule has 3 amide bonds. The van der Waals surface area contributed by atoms with Crippen molar-refractivity contribution in [3.05, 3.63) is 53.7 Å². The maximum absolute atomic E-state index is 12.6. The zero-order valence-electron chi connectivity index (χ0n) is 17.3. The number of carbonyl (C=O) groups is 3. The average Bonchev–Trinajstić information content (AvgIpc) is 2.92. The van der Waals surface area contributed by atoms with Gasteiger partial charge in [-0.05, 0) is 36.2 Å². The van der Waals surface area contributed by atoms with Crippen LogP contribution in [0, 0.1) is 0 Å². The number of rotatable bonds is 5. The van der Waals surface area contributed by atoms with E-state index in [1.807, 2.05) is 24.3 Å². The number of benzene rings is 1. The minimum absolute atomic E-state index is 0.0200. The number of hydrogen-bond acceptors (Lipinski definition) is 6. The molecule has 1 saturated heterocycles. The van der Waals surface area contributed by atoms with Gasteiger partial charge in [-0.3, -0.25) is 14.4 Å². The van der Waals surface area contributed by atoms with Crippen molar-refractivity contribution in [1.82, 2.24) is 20.5 Å². The Balaban J connectivity index is 1.35. The third kappa shape index (κ3) is 4.60. The first-order valence-corrected chi connectivity index (χ1v) is 10.2. The fraction of sp³-hybridized carbons (Fsp3) is 0.364. The number of methoxy groups -OCH3 is 1. The summed E-state index contributed by atoms with van der Waals surface area (Å²) in [5, 5.41) is 9.15. The number of fused-ring (bicyclic) bond motifs is 1. The highest BCUT2D eigenvalue weighted by Crippen LogP contribution is 2.30. The SMILES string of the molecule is COc1ccc(CNC(=O)CN2CCC3(CCC2=O)NC(=O)c2cccnc2N3)cc1. The highest BCUT2D eigenvalue weighted by Gasteiger charge is 2.41. The molecular weight excluding hydrogens is 398 g/mol. The molecular formula is C22H25N5O4. The van der Waals surface area contributed by atoms with Crippen LogP contribution >= 0.6 is 0 Å². The largest absolute Gasteiger partial charge is 0.497 e. The van der Waals surface area contributed by atoms with Gasteiger partial charge in [0.1, 0.15) is 17.2 Å². The Morgan fingerprint density at radius 1 is 1.19 bits per heavy atom. The molecule has 0 radical (unpaired) electrons. The normalized spacial score (nSPS) is 20.4. The lowest BCUT2D eigenvalue weighted by atomic mass is 9.97. The molecule has 4 rings (SSSR count). The number of nitrogens with one attached hydrogen (secondary N) is 3. The van der Waals surface area contributed by atoms with E-state index >= 15 is 0 Å². The van der Waals surface area contributed by atoms with Gasteiger partial charge in [-0.1, -0.05) is 12.1 Å². The molecule has 3 N–H and O–H groups in total. The zero-order valence-corrected chi connectivity index (χ0v) is 17.3. The summed E-state index contributed by atoms with van der Waals surface area (Å²) in [6.45, 7) is 0.701. The van der Waals surface area contributed by atoms with Crippen LogP contribution in [0.3, 0.4) is 0 Å². The van der Waals surface area contributed by atoms with Gasteiger partial charge in [0.2, 0.25) is 11.8 Å². The van der Waals surface area contributed by atoms with Crippen LogP contribution in [0.2, 0.25) is 0 Å². The second kappa shape index (κ2) is 8.63. The standard InChI is InChI=1S/C22H25N5O4/c1-31-16-6-4-15(5-7-16)13-24-18(28)14-27-12-10-22(9-8-19(27)29)25-20-17(21(30)26-22)3-2-11-23-20/h2-7,11H,8-10,12-14H2,1H3,(H,23,25)(H,24,28)(H,26,30). The smallest absolute Gasteiger partial charge is 0.256 e. The summed E-state index contributed by atoms with van der Waals surface area (Å²) in [6, 6.07) is 10.8. The van der Waals surface area contributed by atoms with Crippen LogP contribution in [0.5, 0.6) is 5.75 Å². The zero-order chi connectivity index (χ0) is 21.8. The molecule has 0 aliphatic carbocycles. The first kappa shape index (κ1) is 20.6. The van der Waals surface area contributed by atoms with Crippen molar-refractivity contribution in [2.45, 2.75) is 31.5 Å². The Bertz CT molecular complexity index is 994. The van der Waals surface area contributed by atoms with Crippen molar-refractivity contribution in [3.63, 3.8) is 0 Å². The number of ether oxygens (including phenoxy) is 1. The molecule has 1 unspecified atom stereocenters. The van der Waals surface area contributed by atoms with E-state index in [9.17, 15) is 14.4 Å². The molecule has 2 aliphatic heterocycles. The number of anilines is 1. The van der Waals surface area contributed by atoms with Crippen LogP contribution in [-0.4, -0.2) is 53.5 Å². The van der Waals surface area contributed by atoms with Crippen molar-refractivity contribution in [2.75, 3.05) is 25.5 Å². The quantitative estimate of drug-likeness (QED) is 0.668. The fourth-order valence-corrected chi connectivity index (χ4v) is 3.88. The van der Waals surface area contributed by atoms with Gasteiger partial charge < -0.3 is 25.6 Å². The Morgan fingerprint density at radius 3 is 2.77 bits per heavy atom. The summed E-state index contributed by atoms with van der Waals surface area (Å²) in [5.74, 6) is 0.719.